The van der Waals surface area contributed by atoms with Gasteiger partial charge in [0.05, 0.1) is 0 Å². The Balaban J connectivity index is 2.06. The molecule has 0 aliphatic rings. The summed E-state index contributed by atoms with van der Waals surface area (Å²) in [6, 6.07) is 22.6. The Kier molecular flexibility index (Phi) is 6.01. The summed E-state index contributed by atoms with van der Waals surface area (Å²) < 4.78 is 0. The molecule has 1 atom stereocenters. The first-order valence-electron chi connectivity index (χ1n) is 7.99. The standard InChI is InChI=1S/C20H27N/c1-16(2)17(3)21-20(14-18-10-6-4-7-11-18)15-19-12-8-5-9-13-19/h4-13,16-17,20-21H,14-15H2,1-3H3. The molecule has 0 aliphatic heterocycles. The fourth-order valence-corrected chi connectivity index (χ4v) is 2.55. The van der Waals surface area contributed by atoms with Crippen molar-refractivity contribution in [2.75, 3.05) is 0 Å². The zero-order valence-electron chi connectivity index (χ0n) is 13.4. The Morgan fingerprint density at radius 2 is 1.14 bits per heavy atom. The maximum absolute atomic E-state index is 3.81. The Labute approximate surface area is 129 Å². The van der Waals surface area contributed by atoms with Gasteiger partial charge in [-0.2, -0.15) is 0 Å². The summed E-state index contributed by atoms with van der Waals surface area (Å²) in [5.74, 6) is 0.652. The van der Waals surface area contributed by atoms with Gasteiger partial charge in [0, 0.05) is 12.1 Å². The molecule has 0 saturated heterocycles. The van der Waals surface area contributed by atoms with E-state index < -0.39 is 0 Å². The highest BCUT2D eigenvalue weighted by Crippen LogP contribution is 2.12. The van der Waals surface area contributed by atoms with Crippen LogP contribution in [-0.2, 0) is 12.8 Å². The van der Waals surface area contributed by atoms with Crippen molar-refractivity contribution in [2.45, 2.75) is 45.7 Å². The molecule has 112 valence electrons. The summed E-state index contributed by atoms with van der Waals surface area (Å²) >= 11 is 0. The Hall–Kier alpha value is -1.60. The first-order chi connectivity index (χ1) is 10.1. The van der Waals surface area contributed by atoms with Gasteiger partial charge in [-0.1, -0.05) is 74.5 Å². The van der Waals surface area contributed by atoms with E-state index in [1.54, 1.807) is 0 Å². The third-order valence-corrected chi connectivity index (χ3v) is 4.15. The van der Waals surface area contributed by atoms with Gasteiger partial charge in [-0.05, 0) is 36.8 Å². The van der Waals surface area contributed by atoms with Gasteiger partial charge < -0.3 is 5.32 Å². The van der Waals surface area contributed by atoms with E-state index in [1.165, 1.54) is 11.1 Å². The first-order valence-corrected chi connectivity index (χ1v) is 7.99. The lowest BCUT2D eigenvalue weighted by Crippen LogP contribution is -2.42. The fraction of sp³-hybridized carbons (Fsp3) is 0.400. The molecular formula is C20H27N. The average molecular weight is 281 g/mol. The quantitative estimate of drug-likeness (QED) is 0.789. The van der Waals surface area contributed by atoms with E-state index in [1.807, 2.05) is 0 Å². The molecule has 2 aromatic rings. The Bertz CT molecular complexity index is 462. The maximum Gasteiger partial charge on any atom is 0.0150 e. The zero-order valence-corrected chi connectivity index (χ0v) is 13.4. The van der Waals surface area contributed by atoms with Crippen molar-refractivity contribution in [1.29, 1.82) is 0 Å². The van der Waals surface area contributed by atoms with Gasteiger partial charge >= 0.3 is 0 Å². The highest BCUT2D eigenvalue weighted by atomic mass is 14.9. The molecule has 0 radical (unpaired) electrons. The van der Waals surface area contributed by atoms with Crippen LogP contribution in [0.4, 0.5) is 0 Å². The lowest BCUT2D eigenvalue weighted by atomic mass is 9.96. The second-order valence-corrected chi connectivity index (χ2v) is 6.28. The van der Waals surface area contributed by atoms with E-state index in [-0.39, 0.29) is 0 Å². The van der Waals surface area contributed by atoms with Crippen LogP contribution in [0.2, 0.25) is 0 Å². The van der Waals surface area contributed by atoms with Crippen molar-refractivity contribution in [3.05, 3.63) is 71.8 Å². The summed E-state index contributed by atoms with van der Waals surface area (Å²) in [7, 11) is 0. The molecule has 21 heavy (non-hydrogen) atoms. The van der Waals surface area contributed by atoms with Crippen molar-refractivity contribution in [2.24, 2.45) is 5.92 Å². The lowest BCUT2D eigenvalue weighted by molar-refractivity contribution is 0.367. The summed E-state index contributed by atoms with van der Waals surface area (Å²) in [4.78, 5) is 0. The molecule has 1 nitrogen and oxygen atoms in total. The van der Waals surface area contributed by atoms with Crippen LogP contribution >= 0.6 is 0 Å². The molecule has 1 unspecified atom stereocenters. The largest absolute Gasteiger partial charge is 0.311 e. The summed E-state index contributed by atoms with van der Waals surface area (Å²) in [6.45, 7) is 6.84. The molecule has 2 aromatic carbocycles. The molecule has 0 saturated carbocycles. The number of hydrogen-bond donors (Lipinski definition) is 1. The predicted molar refractivity (Wildman–Crippen MR) is 91.5 cm³/mol. The number of benzene rings is 2. The molecule has 1 N–H and O–H groups in total. The van der Waals surface area contributed by atoms with E-state index in [4.69, 9.17) is 0 Å². The number of rotatable bonds is 7. The molecule has 0 amide bonds. The normalized spacial score (nSPS) is 12.8. The van der Waals surface area contributed by atoms with Crippen LogP contribution in [0.25, 0.3) is 0 Å². The van der Waals surface area contributed by atoms with Gasteiger partial charge in [-0.15, -0.1) is 0 Å². The molecule has 0 aliphatic carbocycles. The van der Waals surface area contributed by atoms with Crippen molar-refractivity contribution in [3.8, 4) is 0 Å². The Morgan fingerprint density at radius 1 is 0.714 bits per heavy atom. The van der Waals surface area contributed by atoms with Gasteiger partial charge in [-0.25, -0.2) is 0 Å². The minimum Gasteiger partial charge on any atom is -0.311 e. The third kappa shape index (κ3) is 5.35. The second-order valence-electron chi connectivity index (χ2n) is 6.28. The smallest absolute Gasteiger partial charge is 0.0150 e. The van der Waals surface area contributed by atoms with Crippen LogP contribution in [0.3, 0.4) is 0 Å². The van der Waals surface area contributed by atoms with Crippen LogP contribution in [-0.4, -0.2) is 12.1 Å². The maximum atomic E-state index is 3.81. The Morgan fingerprint density at radius 3 is 1.52 bits per heavy atom. The van der Waals surface area contributed by atoms with Gasteiger partial charge in [0.1, 0.15) is 0 Å². The number of hydrogen-bond acceptors (Lipinski definition) is 1. The van der Waals surface area contributed by atoms with Crippen molar-refractivity contribution < 1.29 is 0 Å². The number of nitrogens with one attached hydrogen (secondary N) is 1. The van der Waals surface area contributed by atoms with Crippen LogP contribution in [0.1, 0.15) is 31.9 Å². The van der Waals surface area contributed by atoms with Crippen LogP contribution < -0.4 is 5.32 Å². The molecule has 2 rings (SSSR count). The van der Waals surface area contributed by atoms with E-state index in [2.05, 4.69) is 86.8 Å². The summed E-state index contributed by atoms with van der Waals surface area (Å²) in [5, 5.41) is 3.81. The van der Waals surface area contributed by atoms with E-state index >= 15 is 0 Å². The highest BCUT2D eigenvalue weighted by molar-refractivity contribution is 5.19. The van der Waals surface area contributed by atoms with Gasteiger partial charge in [0.25, 0.3) is 0 Å². The lowest BCUT2D eigenvalue weighted by Gasteiger charge is -2.26. The molecule has 0 spiro atoms. The fourth-order valence-electron chi connectivity index (χ4n) is 2.55. The SMILES string of the molecule is CC(C)C(C)NC(Cc1ccccc1)Cc1ccccc1. The summed E-state index contributed by atoms with van der Waals surface area (Å²) in [6.07, 6.45) is 2.15. The first kappa shape index (κ1) is 15.8. The molecule has 0 fully saturated rings. The van der Waals surface area contributed by atoms with Crippen LogP contribution in [0.15, 0.2) is 60.7 Å². The van der Waals surface area contributed by atoms with Crippen molar-refractivity contribution in [1.82, 2.24) is 5.32 Å². The van der Waals surface area contributed by atoms with Crippen LogP contribution in [0.5, 0.6) is 0 Å². The minimum atomic E-state index is 0.479. The molecular weight excluding hydrogens is 254 g/mol. The molecule has 0 heterocycles. The van der Waals surface area contributed by atoms with Crippen molar-refractivity contribution in [3.63, 3.8) is 0 Å². The molecule has 0 bridgehead atoms. The summed E-state index contributed by atoms with van der Waals surface area (Å²) in [5.41, 5.74) is 2.81. The van der Waals surface area contributed by atoms with Gasteiger partial charge in [0.15, 0.2) is 0 Å². The predicted octanol–water partition coefficient (Wildman–Crippen LogP) is 4.47. The highest BCUT2D eigenvalue weighted by Gasteiger charge is 2.15. The van der Waals surface area contributed by atoms with Gasteiger partial charge in [0.2, 0.25) is 0 Å². The monoisotopic (exact) mass is 281 g/mol. The third-order valence-electron chi connectivity index (χ3n) is 4.15. The van der Waals surface area contributed by atoms with E-state index in [9.17, 15) is 0 Å². The average Bonchev–Trinajstić information content (AvgIpc) is 2.49. The van der Waals surface area contributed by atoms with Crippen LogP contribution in [0, 0.1) is 5.92 Å². The van der Waals surface area contributed by atoms with E-state index in [0.29, 0.717) is 18.0 Å². The zero-order chi connectivity index (χ0) is 15.1. The topological polar surface area (TPSA) is 12.0 Å². The molecule has 1 heteroatoms. The van der Waals surface area contributed by atoms with E-state index in [0.717, 1.165) is 12.8 Å². The molecule has 0 aromatic heterocycles. The minimum absolute atomic E-state index is 0.479. The van der Waals surface area contributed by atoms with Crippen molar-refractivity contribution >= 4 is 0 Å². The second kappa shape index (κ2) is 7.99. The van der Waals surface area contributed by atoms with Gasteiger partial charge in [-0.3, -0.25) is 0 Å².